The van der Waals surface area contributed by atoms with E-state index in [-0.39, 0.29) is 6.04 Å². The molecule has 3 nitrogen and oxygen atoms in total. The van der Waals surface area contributed by atoms with Crippen molar-refractivity contribution in [1.82, 2.24) is 4.98 Å². The molecule has 1 aliphatic rings. The average Bonchev–Trinajstić information content (AvgIpc) is 2.71. The van der Waals surface area contributed by atoms with Crippen molar-refractivity contribution in [3.05, 3.63) is 58.3 Å². The lowest BCUT2D eigenvalue weighted by atomic mass is 10.0. The van der Waals surface area contributed by atoms with Crippen molar-refractivity contribution in [1.29, 1.82) is 0 Å². The summed E-state index contributed by atoms with van der Waals surface area (Å²) in [5.41, 5.74) is 10.0. The van der Waals surface area contributed by atoms with Crippen LogP contribution in [0.1, 0.15) is 30.0 Å². The molecule has 2 aromatic rings. The first kappa shape index (κ1) is 14.5. The van der Waals surface area contributed by atoms with Gasteiger partial charge in [-0.05, 0) is 58.5 Å². The Bertz CT molecular complexity index is 614. The molecule has 1 aliphatic heterocycles. The molecule has 4 heteroatoms. The summed E-state index contributed by atoms with van der Waals surface area (Å²) in [7, 11) is 0. The van der Waals surface area contributed by atoms with E-state index in [1.54, 1.807) is 0 Å². The molecule has 2 N–H and O–H groups in total. The molecule has 0 saturated heterocycles. The monoisotopic (exact) mass is 345 g/mol. The standard InChI is InChI=1S/C17H20BrN3/c18-15-9-14(11-20-12-15)17(10-19)21-8-4-3-6-13-5-1-2-7-16(13)21/h1-2,5,7,9,11-12,17H,3-4,6,8,10,19H2. The molecule has 0 spiro atoms. The summed E-state index contributed by atoms with van der Waals surface area (Å²) in [5.74, 6) is 0. The number of aryl methyl sites for hydroxylation is 1. The second-order valence-corrected chi connectivity index (χ2v) is 6.38. The molecule has 0 radical (unpaired) electrons. The zero-order valence-corrected chi connectivity index (χ0v) is 13.6. The molecular formula is C17H20BrN3. The molecule has 0 saturated carbocycles. The van der Waals surface area contributed by atoms with E-state index in [1.165, 1.54) is 29.7 Å². The van der Waals surface area contributed by atoms with Crippen LogP contribution in [0.3, 0.4) is 0 Å². The number of halogens is 1. The van der Waals surface area contributed by atoms with Gasteiger partial charge < -0.3 is 10.6 Å². The summed E-state index contributed by atoms with van der Waals surface area (Å²) in [6, 6.07) is 11.0. The third kappa shape index (κ3) is 3.11. The Hall–Kier alpha value is -1.39. The van der Waals surface area contributed by atoms with Crippen LogP contribution < -0.4 is 10.6 Å². The van der Waals surface area contributed by atoms with Gasteiger partial charge in [-0.3, -0.25) is 4.98 Å². The van der Waals surface area contributed by atoms with Crippen molar-refractivity contribution < 1.29 is 0 Å². The van der Waals surface area contributed by atoms with E-state index in [9.17, 15) is 0 Å². The maximum absolute atomic E-state index is 6.11. The van der Waals surface area contributed by atoms with Crippen molar-refractivity contribution in [2.75, 3.05) is 18.0 Å². The molecule has 1 atom stereocenters. The number of fused-ring (bicyclic) bond motifs is 1. The normalized spacial score (nSPS) is 16.2. The van der Waals surface area contributed by atoms with Crippen LogP contribution in [0.2, 0.25) is 0 Å². The van der Waals surface area contributed by atoms with Crippen LogP contribution in [0.4, 0.5) is 5.69 Å². The number of anilines is 1. The highest BCUT2D eigenvalue weighted by Crippen LogP contribution is 2.33. The molecule has 1 aromatic carbocycles. The smallest absolute Gasteiger partial charge is 0.0680 e. The number of benzene rings is 1. The third-order valence-corrected chi connectivity index (χ3v) is 4.54. The minimum atomic E-state index is 0.175. The van der Waals surface area contributed by atoms with Gasteiger partial charge >= 0.3 is 0 Å². The van der Waals surface area contributed by atoms with Gasteiger partial charge in [-0.2, -0.15) is 0 Å². The van der Waals surface area contributed by atoms with Crippen LogP contribution in [-0.4, -0.2) is 18.1 Å². The Morgan fingerprint density at radius 1 is 1.24 bits per heavy atom. The zero-order valence-electron chi connectivity index (χ0n) is 12.0. The maximum atomic E-state index is 6.11. The fourth-order valence-electron chi connectivity index (χ4n) is 3.10. The Morgan fingerprint density at radius 3 is 2.90 bits per heavy atom. The van der Waals surface area contributed by atoms with E-state index in [0.29, 0.717) is 6.54 Å². The SMILES string of the molecule is NCC(c1cncc(Br)c1)N1CCCCc2ccccc21. The van der Waals surface area contributed by atoms with Gasteiger partial charge in [-0.1, -0.05) is 18.2 Å². The maximum Gasteiger partial charge on any atom is 0.0680 e. The number of rotatable bonds is 3. The molecule has 0 bridgehead atoms. The van der Waals surface area contributed by atoms with E-state index in [4.69, 9.17) is 5.73 Å². The topological polar surface area (TPSA) is 42.1 Å². The summed E-state index contributed by atoms with van der Waals surface area (Å²) < 4.78 is 1.00. The molecule has 1 unspecified atom stereocenters. The number of para-hydroxylation sites is 1. The van der Waals surface area contributed by atoms with Crippen LogP contribution in [0.25, 0.3) is 0 Å². The van der Waals surface area contributed by atoms with Crippen molar-refractivity contribution in [2.24, 2.45) is 5.73 Å². The average molecular weight is 346 g/mol. The second kappa shape index (κ2) is 6.58. The summed E-state index contributed by atoms with van der Waals surface area (Å²) in [5, 5.41) is 0. The van der Waals surface area contributed by atoms with Gasteiger partial charge in [-0.15, -0.1) is 0 Å². The van der Waals surface area contributed by atoms with Gasteiger partial charge in [-0.25, -0.2) is 0 Å². The van der Waals surface area contributed by atoms with Crippen molar-refractivity contribution >= 4 is 21.6 Å². The van der Waals surface area contributed by atoms with Crippen LogP contribution in [0.15, 0.2) is 47.2 Å². The first-order valence-electron chi connectivity index (χ1n) is 7.44. The quantitative estimate of drug-likeness (QED) is 0.922. The molecule has 2 heterocycles. The van der Waals surface area contributed by atoms with Crippen molar-refractivity contribution in [3.8, 4) is 0 Å². The van der Waals surface area contributed by atoms with Crippen LogP contribution in [0.5, 0.6) is 0 Å². The lowest BCUT2D eigenvalue weighted by molar-refractivity contribution is 0.609. The number of pyridine rings is 1. The fourth-order valence-corrected chi connectivity index (χ4v) is 3.48. The lowest BCUT2D eigenvalue weighted by Gasteiger charge is -2.33. The Balaban J connectivity index is 2.00. The van der Waals surface area contributed by atoms with Gasteiger partial charge in [0.2, 0.25) is 0 Å². The van der Waals surface area contributed by atoms with Crippen molar-refractivity contribution in [2.45, 2.75) is 25.3 Å². The summed E-state index contributed by atoms with van der Waals surface area (Å²) in [6.45, 7) is 1.64. The van der Waals surface area contributed by atoms with E-state index < -0.39 is 0 Å². The molecule has 0 amide bonds. The summed E-state index contributed by atoms with van der Waals surface area (Å²) in [4.78, 5) is 6.75. The highest BCUT2D eigenvalue weighted by Gasteiger charge is 2.23. The minimum absolute atomic E-state index is 0.175. The number of aromatic nitrogens is 1. The van der Waals surface area contributed by atoms with Gasteiger partial charge in [0, 0.05) is 35.6 Å². The van der Waals surface area contributed by atoms with Crippen molar-refractivity contribution in [3.63, 3.8) is 0 Å². The Kier molecular flexibility index (Phi) is 4.56. The lowest BCUT2D eigenvalue weighted by Crippen LogP contribution is -2.34. The fraction of sp³-hybridized carbons (Fsp3) is 0.353. The van der Waals surface area contributed by atoms with E-state index in [1.807, 2.05) is 12.4 Å². The van der Waals surface area contributed by atoms with Crippen LogP contribution in [-0.2, 0) is 6.42 Å². The minimum Gasteiger partial charge on any atom is -0.363 e. The Morgan fingerprint density at radius 2 is 2.10 bits per heavy atom. The van der Waals surface area contributed by atoms with Crippen LogP contribution >= 0.6 is 15.9 Å². The number of nitrogens with zero attached hydrogens (tertiary/aromatic N) is 2. The number of nitrogens with two attached hydrogens (primary N) is 1. The van der Waals surface area contributed by atoms with Crippen LogP contribution in [0, 0.1) is 0 Å². The Labute approximate surface area is 134 Å². The largest absolute Gasteiger partial charge is 0.363 e. The van der Waals surface area contributed by atoms with Gasteiger partial charge in [0.1, 0.15) is 0 Å². The van der Waals surface area contributed by atoms with E-state index in [0.717, 1.165) is 17.4 Å². The summed E-state index contributed by atoms with van der Waals surface area (Å²) in [6.07, 6.45) is 7.33. The third-order valence-electron chi connectivity index (χ3n) is 4.11. The molecule has 110 valence electrons. The van der Waals surface area contributed by atoms with E-state index >= 15 is 0 Å². The molecule has 0 aliphatic carbocycles. The number of hydrogen-bond donors (Lipinski definition) is 1. The van der Waals surface area contributed by atoms with Gasteiger partial charge in [0.05, 0.1) is 6.04 Å². The molecule has 1 aromatic heterocycles. The highest BCUT2D eigenvalue weighted by atomic mass is 79.9. The molecule has 0 fully saturated rings. The van der Waals surface area contributed by atoms with E-state index in [2.05, 4.69) is 56.1 Å². The summed E-state index contributed by atoms with van der Waals surface area (Å²) >= 11 is 3.51. The predicted octanol–water partition coefficient (Wildman–Crippen LogP) is 3.69. The predicted molar refractivity (Wildman–Crippen MR) is 90.5 cm³/mol. The van der Waals surface area contributed by atoms with Gasteiger partial charge in [0.25, 0.3) is 0 Å². The molecule has 3 rings (SSSR count). The molecular weight excluding hydrogens is 326 g/mol. The zero-order chi connectivity index (χ0) is 14.7. The number of hydrogen-bond acceptors (Lipinski definition) is 3. The first-order chi connectivity index (χ1) is 10.3. The molecule has 21 heavy (non-hydrogen) atoms. The first-order valence-corrected chi connectivity index (χ1v) is 8.24. The van der Waals surface area contributed by atoms with Gasteiger partial charge in [0.15, 0.2) is 0 Å². The second-order valence-electron chi connectivity index (χ2n) is 5.47. The highest BCUT2D eigenvalue weighted by molar-refractivity contribution is 9.10.